The Balaban J connectivity index is 1.57. The molecule has 0 spiro atoms. The summed E-state index contributed by atoms with van der Waals surface area (Å²) in [6, 6.07) is 10.5. The van der Waals surface area contributed by atoms with E-state index in [1.54, 1.807) is 4.31 Å². The first-order valence-corrected chi connectivity index (χ1v) is 10.6. The molecule has 6 heteroatoms. The van der Waals surface area contributed by atoms with Crippen molar-refractivity contribution in [1.29, 1.82) is 0 Å². The van der Waals surface area contributed by atoms with E-state index in [9.17, 15) is 13.5 Å². The van der Waals surface area contributed by atoms with Crippen molar-refractivity contribution in [3.63, 3.8) is 0 Å². The van der Waals surface area contributed by atoms with Gasteiger partial charge in [0.2, 0.25) is 10.0 Å². The molecule has 0 aliphatic carbocycles. The number of hydrogen-bond donors (Lipinski definition) is 1. The van der Waals surface area contributed by atoms with Crippen molar-refractivity contribution in [3.05, 3.63) is 35.9 Å². The third-order valence-electron chi connectivity index (χ3n) is 5.68. The van der Waals surface area contributed by atoms with Crippen LogP contribution in [0.4, 0.5) is 0 Å². The van der Waals surface area contributed by atoms with Gasteiger partial charge in [0.1, 0.15) is 0 Å². The molecule has 0 saturated carbocycles. The van der Waals surface area contributed by atoms with Crippen LogP contribution in [0, 0.1) is 11.3 Å². The smallest absolute Gasteiger partial charge is 0.211 e. The van der Waals surface area contributed by atoms with E-state index >= 15 is 0 Å². The molecule has 2 saturated heterocycles. The molecule has 24 heavy (non-hydrogen) atoms. The Morgan fingerprint density at radius 2 is 2.00 bits per heavy atom. The molecule has 2 aliphatic heterocycles. The van der Waals surface area contributed by atoms with Gasteiger partial charge in [0.25, 0.3) is 0 Å². The van der Waals surface area contributed by atoms with Crippen LogP contribution in [0.1, 0.15) is 18.4 Å². The summed E-state index contributed by atoms with van der Waals surface area (Å²) in [5.74, 6) is 0.280. The Hall–Kier alpha value is -0.950. The van der Waals surface area contributed by atoms with E-state index in [0.29, 0.717) is 13.1 Å². The summed E-state index contributed by atoms with van der Waals surface area (Å²) < 4.78 is 25.3. The lowest BCUT2D eigenvalue weighted by Crippen LogP contribution is -2.51. The molecular formula is C18H28N2O3S. The first-order valence-electron chi connectivity index (χ1n) is 8.75. The summed E-state index contributed by atoms with van der Waals surface area (Å²) in [5.41, 5.74) is 1.07. The van der Waals surface area contributed by atoms with Gasteiger partial charge in [-0.05, 0) is 43.8 Å². The summed E-state index contributed by atoms with van der Waals surface area (Å²) in [6.07, 6.45) is 4.39. The average Bonchev–Trinajstić information content (AvgIpc) is 2.96. The second kappa shape index (κ2) is 7.12. The monoisotopic (exact) mass is 352 g/mol. The summed E-state index contributed by atoms with van der Waals surface area (Å²) in [7, 11) is -3.18. The topological polar surface area (TPSA) is 60.9 Å². The SMILES string of the molecule is CS(=O)(=O)N1C[C@H]2CCN(CCCc3ccccc3)C[C@@]2(CO)C1. The van der Waals surface area contributed by atoms with Crippen molar-refractivity contribution in [3.8, 4) is 0 Å². The Morgan fingerprint density at radius 3 is 2.67 bits per heavy atom. The lowest BCUT2D eigenvalue weighted by Gasteiger charge is -2.43. The maximum atomic E-state index is 11.9. The quantitative estimate of drug-likeness (QED) is 0.836. The largest absolute Gasteiger partial charge is 0.396 e. The number of likely N-dealkylation sites (tertiary alicyclic amines) is 1. The zero-order valence-corrected chi connectivity index (χ0v) is 15.2. The van der Waals surface area contributed by atoms with Crippen molar-refractivity contribution >= 4 is 10.0 Å². The molecular weight excluding hydrogens is 324 g/mol. The van der Waals surface area contributed by atoms with Crippen LogP contribution in [0.3, 0.4) is 0 Å². The van der Waals surface area contributed by atoms with Crippen LogP contribution >= 0.6 is 0 Å². The number of sulfonamides is 1. The van der Waals surface area contributed by atoms with Crippen molar-refractivity contribution in [1.82, 2.24) is 9.21 Å². The number of rotatable bonds is 6. The molecule has 1 aromatic rings. The van der Waals surface area contributed by atoms with Crippen LogP contribution in [-0.4, -0.2) is 68.3 Å². The maximum Gasteiger partial charge on any atom is 0.211 e. The van der Waals surface area contributed by atoms with Crippen molar-refractivity contribution < 1.29 is 13.5 Å². The highest BCUT2D eigenvalue weighted by Crippen LogP contribution is 2.42. The molecule has 2 fully saturated rings. The van der Waals surface area contributed by atoms with Crippen LogP contribution in [0.25, 0.3) is 0 Å². The van der Waals surface area contributed by atoms with Crippen molar-refractivity contribution in [2.75, 3.05) is 45.6 Å². The van der Waals surface area contributed by atoms with E-state index in [2.05, 4.69) is 29.2 Å². The molecule has 0 amide bonds. The second-order valence-corrected chi connectivity index (χ2v) is 9.41. The molecule has 2 heterocycles. The van der Waals surface area contributed by atoms with Crippen LogP contribution in [0.5, 0.6) is 0 Å². The fraction of sp³-hybridized carbons (Fsp3) is 0.667. The highest BCUT2D eigenvalue weighted by atomic mass is 32.2. The maximum absolute atomic E-state index is 11.9. The molecule has 0 radical (unpaired) electrons. The molecule has 134 valence electrons. The first kappa shape index (κ1) is 17.9. The van der Waals surface area contributed by atoms with Crippen LogP contribution < -0.4 is 0 Å². The number of aryl methyl sites for hydroxylation is 1. The van der Waals surface area contributed by atoms with Gasteiger partial charge < -0.3 is 10.0 Å². The second-order valence-electron chi connectivity index (χ2n) is 7.43. The minimum atomic E-state index is -3.18. The molecule has 0 bridgehead atoms. The molecule has 3 rings (SSSR count). The Labute approximate surface area is 145 Å². The van der Waals surface area contributed by atoms with Gasteiger partial charge in [-0.2, -0.15) is 0 Å². The van der Waals surface area contributed by atoms with Gasteiger partial charge in [-0.3, -0.25) is 0 Å². The number of aliphatic hydroxyl groups excluding tert-OH is 1. The van der Waals surface area contributed by atoms with E-state index < -0.39 is 10.0 Å². The summed E-state index contributed by atoms with van der Waals surface area (Å²) in [6.45, 7) is 3.90. The minimum Gasteiger partial charge on any atom is -0.396 e. The number of benzene rings is 1. The molecule has 1 aromatic carbocycles. The molecule has 2 aliphatic rings. The van der Waals surface area contributed by atoms with Gasteiger partial charge in [0, 0.05) is 25.0 Å². The Bertz CT molecular complexity index is 649. The van der Waals surface area contributed by atoms with E-state index in [1.807, 2.05) is 6.07 Å². The summed E-state index contributed by atoms with van der Waals surface area (Å²) in [4.78, 5) is 2.40. The van der Waals surface area contributed by atoms with E-state index in [-0.39, 0.29) is 17.9 Å². The van der Waals surface area contributed by atoms with Gasteiger partial charge >= 0.3 is 0 Å². The lowest BCUT2D eigenvalue weighted by molar-refractivity contribution is 0.0119. The van der Waals surface area contributed by atoms with E-state index in [4.69, 9.17) is 0 Å². The first-order chi connectivity index (χ1) is 11.4. The Kier molecular flexibility index (Phi) is 5.30. The highest BCUT2D eigenvalue weighted by molar-refractivity contribution is 7.88. The van der Waals surface area contributed by atoms with E-state index in [0.717, 1.165) is 38.9 Å². The normalized spacial score (nSPS) is 28.8. The number of hydrogen-bond acceptors (Lipinski definition) is 4. The van der Waals surface area contributed by atoms with Gasteiger partial charge in [-0.25, -0.2) is 12.7 Å². The fourth-order valence-electron chi connectivity index (χ4n) is 4.25. The van der Waals surface area contributed by atoms with Gasteiger partial charge in [0.05, 0.1) is 12.9 Å². The van der Waals surface area contributed by atoms with Crippen LogP contribution in [0.2, 0.25) is 0 Å². The summed E-state index contributed by atoms with van der Waals surface area (Å²) >= 11 is 0. The molecule has 0 unspecified atom stereocenters. The predicted octanol–water partition coefficient (Wildman–Crippen LogP) is 1.20. The van der Waals surface area contributed by atoms with Crippen LogP contribution in [-0.2, 0) is 16.4 Å². The molecule has 0 aromatic heterocycles. The van der Waals surface area contributed by atoms with Crippen molar-refractivity contribution in [2.45, 2.75) is 19.3 Å². The zero-order valence-electron chi connectivity index (χ0n) is 14.4. The number of aliphatic hydroxyl groups is 1. The fourth-order valence-corrected chi connectivity index (χ4v) is 5.19. The zero-order chi connectivity index (χ0) is 17.2. The number of fused-ring (bicyclic) bond motifs is 1. The summed E-state index contributed by atoms with van der Waals surface area (Å²) in [5, 5.41) is 10.0. The van der Waals surface area contributed by atoms with Gasteiger partial charge in [-0.1, -0.05) is 30.3 Å². The molecule has 5 nitrogen and oxygen atoms in total. The minimum absolute atomic E-state index is 0.0683. The lowest BCUT2D eigenvalue weighted by atomic mass is 9.74. The van der Waals surface area contributed by atoms with E-state index in [1.165, 1.54) is 11.8 Å². The number of piperidine rings is 1. The third kappa shape index (κ3) is 3.82. The standard InChI is InChI=1S/C18H28N2O3S/c1-24(22,23)20-12-17-9-11-19(13-18(17,14-20)15-21)10-5-8-16-6-3-2-4-7-16/h2-4,6-7,17,21H,5,8-15H2,1H3/t17-,18+/m1/s1. The van der Waals surface area contributed by atoms with Gasteiger partial charge in [0.15, 0.2) is 0 Å². The molecule has 2 atom stereocenters. The number of nitrogens with zero attached hydrogens (tertiary/aromatic N) is 2. The highest BCUT2D eigenvalue weighted by Gasteiger charge is 2.51. The average molecular weight is 353 g/mol. The van der Waals surface area contributed by atoms with Gasteiger partial charge in [-0.15, -0.1) is 0 Å². The third-order valence-corrected chi connectivity index (χ3v) is 6.90. The predicted molar refractivity (Wildman–Crippen MR) is 95.2 cm³/mol. The van der Waals surface area contributed by atoms with Crippen LogP contribution in [0.15, 0.2) is 30.3 Å². The van der Waals surface area contributed by atoms with Crippen molar-refractivity contribution in [2.24, 2.45) is 11.3 Å². The Morgan fingerprint density at radius 1 is 1.25 bits per heavy atom. The molecule has 1 N–H and O–H groups in total.